The number of anilines is 1. The highest BCUT2D eigenvalue weighted by atomic mass is 127. The van der Waals surface area contributed by atoms with Crippen molar-refractivity contribution in [1.29, 1.82) is 0 Å². The number of carbonyl (C=O) groups is 1. The first kappa shape index (κ1) is 25.5. The minimum absolute atomic E-state index is 0. The predicted molar refractivity (Wildman–Crippen MR) is 121 cm³/mol. The van der Waals surface area contributed by atoms with E-state index in [4.69, 9.17) is 0 Å². The lowest BCUT2D eigenvalue weighted by atomic mass is 10.1. The zero-order valence-electron chi connectivity index (χ0n) is 16.5. The second-order valence-corrected chi connectivity index (χ2v) is 6.32. The van der Waals surface area contributed by atoms with Gasteiger partial charge in [-0.25, -0.2) is 4.99 Å². The van der Waals surface area contributed by atoms with E-state index < -0.39 is 11.7 Å². The van der Waals surface area contributed by atoms with Crippen LogP contribution in [0.15, 0.2) is 53.5 Å². The average molecular weight is 536 g/mol. The molecule has 2 aromatic rings. The molecule has 3 N–H and O–H groups in total. The van der Waals surface area contributed by atoms with Gasteiger partial charge in [0.1, 0.15) is 12.3 Å². The van der Waals surface area contributed by atoms with Crippen LogP contribution in [0.5, 0.6) is 5.75 Å². The van der Waals surface area contributed by atoms with Crippen molar-refractivity contribution in [2.24, 2.45) is 4.99 Å². The van der Waals surface area contributed by atoms with Crippen molar-refractivity contribution in [2.75, 3.05) is 25.5 Å². The maximum atomic E-state index is 12.7. The third-order valence-corrected chi connectivity index (χ3v) is 3.92. The number of alkyl halides is 3. The van der Waals surface area contributed by atoms with E-state index in [1.54, 1.807) is 24.1 Å². The van der Waals surface area contributed by atoms with E-state index in [0.717, 1.165) is 12.1 Å². The number of hydrogen-bond donors (Lipinski definition) is 3. The van der Waals surface area contributed by atoms with Crippen LogP contribution in [0.3, 0.4) is 0 Å². The number of nitrogens with one attached hydrogen (secondary N) is 2. The van der Waals surface area contributed by atoms with Gasteiger partial charge in [-0.15, -0.1) is 24.0 Å². The molecular formula is C20H24F3IN4O2. The van der Waals surface area contributed by atoms with Gasteiger partial charge >= 0.3 is 6.18 Å². The van der Waals surface area contributed by atoms with E-state index in [0.29, 0.717) is 30.3 Å². The van der Waals surface area contributed by atoms with E-state index >= 15 is 0 Å². The maximum Gasteiger partial charge on any atom is 0.416 e. The van der Waals surface area contributed by atoms with E-state index in [9.17, 15) is 23.1 Å². The van der Waals surface area contributed by atoms with Crippen LogP contribution in [-0.2, 0) is 17.5 Å². The molecule has 0 bridgehead atoms. The molecule has 0 aliphatic rings. The van der Waals surface area contributed by atoms with Crippen LogP contribution in [0.25, 0.3) is 0 Å². The van der Waals surface area contributed by atoms with E-state index in [-0.39, 0.29) is 42.2 Å². The largest absolute Gasteiger partial charge is 0.508 e. The zero-order chi connectivity index (χ0) is 21.4. The predicted octanol–water partition coefficient (Wildman–Crippen LogP) is 4.07. The van der Waals surface area contributed by atoms with Crippen molar-refractivity contribution >= 4 is 41.5 Å². The number of carbonyl (C=O) groups excluding carboxylic acids is 1. The lowest BCUT2D eigenvalue weighted by molar-refractivity contribution is -0.137. The molecule has 0 atom stereocenters. The Bertz CT molecular complexity index is 841. The van der Waals surface area contributed by atoms with Gasteiger partial charge in [0.2, 0.25) is 5.91 Å². The number of phenols is 1. The summed E-state index contributed by atoms with van der Waals surface area (Å²) in [5, 5.41) is 15.0. The molecule has 1 amide bonds. The first-order chi connectivity index (χ1) is 13.7. The van der Waals surface area contributed by atoms with E-state index in [2.05, 4.69) is 15.6 Å². The van der Waals surface area contributed by atoms with Gasteiger partial charge in [0.15, 0.2) is 5.96 Å². The molecular weight excluding hydrogens is 512 g/mol. The molecule has 0 aliphatic carbocycles. The zero-order valence-corrected chi connectivity index (χ0v) is 18.9. The number of rotatable bonds is 6. The summed E-state index contributed by atoms with van der Waals surface area (Å²) in [6.45, 7) is 2.62. The molecule has 0 saturated carbocycles. The molecule has 164 valence electrons. The Morgan fingerprint density at radius 1 is 1.10 bits per heavy atom. The van der Waals surface area contributed by atoms with Crippen molar-refractivity contribution in [3.05, 3.63) is 59.7 Å². The standard InChI is InChI=1S/C20H23F3N4O2.HI/c1-3-24-19(25-12-18(29)26-16-8-10-17(28)11-9-16)27(2)13-14-4-6-15(7-5-14)20(21,22)23;/h4-11,28H,3,12-13H2,1-2H3,(H,24,25)(H,26,29);1H. The van der Waals surface area contributed by atoms with Crippen LogP contribution < -0.4 is 10.6 Å². The quantitative estimate of drug-likeness (QED) is 0.225. The number of hydrogen-bond acceptors (Lipinski definition) is 3. The molecule has 0 fully saturated rings. The van der Waals surface area contributed by atoms with Crippen LogP contribution in [0, 0.1) is 0 Å². The fraction of sp³-hybridized carbons (Fsp3) is 0.300. The highest BCUT2D eigenvalue weighted by Crippen LogP contribution is 2.29. The van der Waals surface area contributed by atoms with Crippen LogP contribution >= 0.6 is 24.0 Å². The molecule has 0 radical (unpaired) electrons. The number of halogens is 4. The van der Waals surface area contributed by atoms with Crippen molar-refractivity contribution in [3.63, 3.8) is 0 Å². The van der Waals surface area contributed by atoms with E-state index in [1.807, 2.05) is 6.92 Å². The monoisotopic (exact) mass is 536 g/mol. The minimum Gasteiger partial charge on any atom is -0.508 e. The van der Waals surface area contributed by atoms with Crippen molar-refractivity contribution in [3.8, 4) is 5.75 Å². The first-order valence-corrected chi connectivity index (χ1v) is 8.93. The molecule has 0 spiro atoms. The molecule has 10 heteroatoms. The second-order valence-electron chi connectivity index (χ2n) is 6.32. The summed E-state index contributed by atoms with van der Waals surface area (Å²) in [5.74, 6) is 0.211. The van der Waals surface area contributed by atoms with Crippen molar-refractivity contribution in [1.82, 2.24) is 10.2 Å². The van der Waals surface area contributed by atoms with Gasteiger partial charge in [-0.3, -0.25) is 4.79 Å². The SMILES string of the molecule is CCNC(=NCC(=O)Nc1ccc(O)cc1)N(C)Cc1ccc(C(F)(F)F)cc1.I. The molecule has 0 unspecified atom stereocenters. The normalized spacial score (nSPS) is 11.4. The van der Waals surface area contributed by atoms with Gasteiger partial charge in [0.25, 0.3) is 0 Å². The summed E-state index contributed by atoms with van der Waals surface area (Å²) < 4.78 is 38.0. The van der Waals surface area contributed by atoms with Gasteiger partial charge in [-0.2, -0.15) is 13.2 Å². The number of guanidine groups is 1. The van der Waals surface area contributed by atoms with Crippen LogP contribution in [0.1, 0.15) is 18.1 Å². The lowest BCUT2D eigenvalue weighted by Gasteiger charge is -2.22. The van der Waals surface area contributed by atoms with Gasteiger partial charge in [0.05, 0.1) is 5.56 Å². The maximum absolute atomic E-state index is 12.7. The average Bonchev–Trinajstić information content (AvgIpc) is 2.66. The van der Waals surface area contributed by atoms with Gasteiger partial charge in [-0.1, -0.05) is 12.1 Å². The molecule has 2 rings (SSSR count). The highest BCUT2D eigenvalue weighted by Gasteiger charge is 2.29. The number of benzene rings is 2. The van der Waals surface area contributed by atoms with Crippen LogP contribution in [0.4, 0.5) is 18.9 Å². The summed E-state index contributed by atoms with van der Waals surface area (Å²) in [7, 11) is 1.73. The summed E-state index contributed by atoms with van der Waals surface area (Å²) in [5.41, 5.74) is 0.515. The van der Waals surface area contributed by atoms with Crippen LogP contribution in [-0.4, -0.2) is 42.0 Å². The number of nitrogens with zero attached hydrogens (tertiary/aromatic N) is 2. The Hall–Kier alpha value is -2.50. The molecule has 0 heterocycles. The van der Waals surface area contributed by atoms with E-state index in [1.165, 1.54) is 24.3 Å². The summed E-state index contributed by atoms with van der Waals surface area (Å²) in [6.07, 6.45) is -4.37. The topological polar surface area (TPSA) is 77.0 Å². The van der Waals surface area contributed by atoms with Crippen molar-refractivity contribution < 1.29 is 23.1 Å². The Morgan fingerprint density at radius 2 is 1.70 bits per heavy atom. The fourth-order valence-corrected chi connectivity index (χ4v) is 2.51. The smallest absolute Gasteiger partial charge is 0.416 e. The Morgan fingerprint density at radius 3 is 2.23 bits per heavy atom. The molecule has 2 aromatic carbocycles. The second kappa shape index (κ2) is 11.6. The molecule has 6 nitrogen and oxygen atoms in total. The van der Waals surface area contributed by atoms with Crippen LogP contribution in [0.2, 0.25) is 0 Å². The Labute approximate surface area is 190 Å². The summed E-state index contributed by atoms with van der Waals surface area (Å²) >= 11 is 0. The number of phenolic OH excluding ortho intramolecular Hbond substituents is 1. The van der Waals surface area contributed by atoms with Gasteiger partial charge < -0.3 is 20.6 Å². The third kappa shape index (κ3) is 8.09. The molecule has 0 saturated heterocycles. The lowest BCUT2D eigenvalue weighted by Crippen LogP contribution is -2.39. The number of aromatic hydroxyl groups is 1. The third-order valence-electron chi connectivity index (χ3n) is 3.92. The molecule has 30 heavy (non-hydrogen) atoms. The minimum atomic E-state index is -4.37. The Balaban J connectivity index is 0.00000450. The summed E-state index contributed by atoms with van der Waals surface area (Å²) in [4.78, 5) is 18.1. The Kier molecular flexibility index (Phi) is 9.90. The number of amides is 1. The molecule has 0 aliphatic heterocycles. The van der Waals surface area contributed by atoms with Gasteiger partial charge in [-0.05, 0) is 48.9 Å². The highest BCUT2D eigenvalue weighted by molar-refractivity contribution is 14.0. The molecule has 0 aromatic heterocycles. The first-order valence-electron chi connectivity index (χ1n) is 8.93. The number of aliphatic imine (C=N–C) groups is 1. The van der Waals surface area contributed by atoms with Crippen molar-refractivity contribution in [2.45, 2.75) is 19.6 Å². The summed E-state index contributed by atoms with van der Waals surface area (Å²) in [6, 6.07) is 11.0. The fourth-order valence-electron chi connectivity index (χ4n) is 2.51. The van der Waals surface area contributed by atoms with Gasteiger partial charge in [0, 0.05) is 25.8 Å².